The number of rotatable bonds is 6. The summed E-state index contributed by atoms with van der Waals surface area (Å²) in [6, 6.07) is 6.81. The van der Waals surface area contributed by atoms with Gasteiger partial charge in [-0.2, -0.15) is 0 Å². The van der Waals surface area contributed by atoms with Gasteiger partial charge in [0.05, 0.1) is 0 Å². The predicted molar refractivity (Wildman–Crippen MR) is 74.9 cm³/mol. The molecule has 1 aromatic rings. The number of amides is 1. The normalized spacial score (nSPS) is 10.9. The zero-order valence-electron chi connectivity index (χ0n) is 11.2. The summed E-state index contributed by atoms with van der Waals surface area (Å²) in [5.41, 5.74) is 1.33. The monoisotopic (exact) mass is 261 g/mol. The molecule has 0 aromatic heterocycles. The van der Waals surface area contributed by atoms with Gasteiger partial charge in [0.2, 0.25) is 0 Å². The molecule has 1 rings (SSSR count). The minimum Gasteiger partial charge on any atom is -0.478 e. The van der Waals surface area contributed by atoms with Gasteiger partial charge in [-0.05, 0) is 36.1 Å². The Kier molecular flexibility index (Phi) is 5.79. The molecule has 4 nitrogen and oxygen atoms in total. The Bertz CT molecular complexity index is 461. The Hall–Kier alpha value is -2.10. The molecular weight excluding hydrogens is 242 g/mol. The standard InChI is InChI=1S/C15H19NO3/c1-11(2)9-10-16-15(19)13-6-3-12(4-7-13)5-8-14(17)18/h3-8,11H,9-10H2,1-2H3,(H,16,19)(H,17,18)/b8-5+. The summed E-state index contributed by atoms with van der Waals surface area (Å²) >= 11 is 0. The van der Waals surface area contributed by atoms with E-state index in [4.69, 9.17) is 5.11 Å². The molecule has 0 heterocycles. The van der Waals surface area contributed by atoms with Gasteiger partial charge in [-0.25, -0.2) is 4.79 Å². The number of hydrogen-bond acceptors (Lipinski definition) is 2. The Morgan fingerprint density at radius 3 is 2.42 bits per heavy atom. The molecule has 0 spiro atoms. The van der Waals surface area contributed by atoms with Gasteiger partial charge in [0.15, 0.2) is 0 Å². The maximum atomic E-state index is 11.8. The van der Waals surface area contributed by atoms with Crippen LogP contribution in [0.3, 0.4) is 0 Å². The molecule has 2 N–H and O–H groups in total. The van der Waals surface area contributed by atoms with Crippen LogP contribution in [0.5, 0.6) is 0 Å². The molecule has 0 bridgehead atoms. The lowest BCUT2D eigenvalue weighted by atomic mass is 10.1. The summed E-state index contributed by atoms with van der Waals surface area (Å²) in [6.07, 6.45) is 3.51. The van der Waals surface area contributed by atoms with Crippen molar-refractivity contribution in [1.29, 1.82) is 0 Å². The zero-order chi connectivity index (χ0) is 14.3. The lowest BCUT2D eigenvalue weighted by molar-refractivity contribution is -0.131. The molecule has 1 aromatic carbocycles. The number of hydrogen-bond donors (Lipinski definition) is 2. The number of carboxylic acid groups (broad SMARTS) is 1. The molecule has 1 amide bonds. The topological polar surface area (TPSA) is 66.4 Å². The molecule has 0 unspecified atom stereocenters. The van der Waals surface area contributed by atoms with Gasteiger partial charge in [0.25, 0.3) is 5.91 Å². The first-order valence-corrected chi connectivity index (χ1v) is 6.28. The van der Waals surface area contributed by atoms with E-state index < -0.39 is 5.97 Å². The number of aliphatic carboxylic acids is 1. The Morgan fingerprint density at radius 2 is 1.89 bits per heavy atom. The van der Waals surface area contributed by atoms with E-state index in [1.165, 1.54) is 6.08 Å². The van der Waals surface area contributed by atoms with Crippen LogP contribution in [0.4, 0.5) is 0 Å². The van der Waals surface area contributed by atoms with Crippen molar-refractivity contribution in [3.8, 4) is 0 Å². The molecule has 0 aliphatic heterocycles. The molecule has 0 atom stereocenters. The molecule has 0 saturated carbocycles. The highest BCUT2D eigenvalue weighted by molar-refractivity contribution is 5.94. The first-order chi connectivity index (χ1) is 8.99. The average Bonchev–Trinajstić information content (AvgIpc) is 2.36. The first-order valence-electron chi connectivity index (χ1n) is 6.28. The maximum Gasteiger partial charge on any atom is 0.328 e. The highest BCUT2D eigenvalue weighted by atomic mass is 16.4. The number of carbonyl (C=O) groups is 2. The van der Waals surface area contributed by atoms with Gasteiger partial charge < -0.3 is 10.4 Å². The lowest BCUT2D eigenvalue weighted by Crippen LogP contribution is -2.25. The zero-order valence-corrected chi connectivity index (χ0v) is 11.2. The summed E-state index contributed by atoms with van der Waals surface area (Å²) in [5.74, 6) is -0.534. The van der Waals surface area contributed by atoms with Gasteiger partial charge >= 0.3 is 5.97 Å². The molecule has 4 heteroatoms. The molecule has 0 saturated heterocycles. The summed E-state index contributed by atoms with van der Waals surface area (Å²) in [6.45, 7) is 4.88. The van der Waals surface area contributed by atoms with E-state index in [0.29, 0.717) is 18.0 Å². The van der Waals surface area contributed by atoms with E-state index in [1.54, 1.807) is 24.3 Å². The van der Waals surface area contributed by atoms with Crippen LogP contribution >= 0.6 is 0 Å². The predicted octanol–water partition coefficient (Wildman–Crippen LogP) is 2.56. The van der Waals surface area contributed by atoms with Crippen LogP contribution in [0.25, 0.3) is 6.08 Å². The second-order valence-corrected chi connectivity index (χ2v) is 4.73. The highest BCUT2D eigenvalue weighted by Gasteiger charge is 2.04. The minimum atomic E-state index is -0.990. The van der Waals surface area contributed by atoms with Crippen molar-refractivity contribution in [2.24, 2.45) is 5.92 Å². The minimum absolute atomic E-state index is 0.102. The lowest BCUT2D eigenvalue weighted by Gasteiger charge is -2.07. The van der Waals surface area contributed by atoms with E-state index in [1.807, 2.05) is 0 Å². The second-order valence-electron chi connectivity index (χ2n) is 4.73. The molecule has 102 valence electrons. The largest absolute Gasteiger partial charge is 0.478 e. The average molecular weight is 261 g/mol. The van der Waals surface area contributed by atoms with E-state index in [-0.39, 0.29) is 5.91 Å². The Morgan fingerprint density at radius 1 is 1.26 bits per heavy atom. The van der Waals surface area contributed by atoms with Gasteiger partial charge in [-0.3, -0.25) is 4.79 Å². The fourth-order valence-corrected chi connectivity index (χ4v) is 1.49. The third-order valence-electron chi connectivity index (χ3n) is 2.60. The number of carbonyl (C=O) groups excluding carboxylic acids is 1. The smallest absolute Gasteiger partial charge is 0.328 e. The van der Waals surface area contributed by atoms with Gasteiger partial charge in [0.1, 0.15) is 0 Å². The van der Waals surface area contributed by atoms with Crippen LogP contribution in [0, 0.1) is 5.92 Å². The molecule has 0 fully saturated rings. The van der Waals surface area contributed by atoms with Crippen molar-refractivity contribution < 1.29 is 14.7 Å². The molecular formula is C15H19NO3. The van der Waals surface area contributed by atoms with Gasteiger partial charge in [-0.15, -0.1) is 0 Å². The third-order valence-corrected chi connectivity index (χ3v) is 2.60. The van der Waals surface area contributed by atoms with Crippen LogP contribution in [0.15, 0.2) is 30.3 Å². The maximum absolute atomic E-state index is 11.8. The molecule has 0 aliphatic rings. The number of nitrogens with one attached hydrogen (secondary N) is 1. The van der Waals surface area contributed by atoms with Gasteiger partial charge in [0, 0.05) is 18.2 Å². The molecule has 19 heavy (non-hydrogen) atoms. The SMILES string of the molecule is CC(C)CCNC(=O)c1ccc(/C=C/C(=O)O)cc1. The fraction of sp³-hybridized carbons (Fsp3) is 0.333. The summed E-state index contributed by atoms with van der Waals surface area (Å²) in [5, 5.41) is 11.4. The summed E-state index contributed by atoms with van der Waals surface area (Å²) in [4.78, 5) is 22.2. The summed E-state index contributed by atoms with van der Waals surface area (Å²) < 4.78 is 0. The fourth-order valence-electron chi connectivity index (χ4n) is 1.49. The highest BCUT2D eigenvalue weighted by Crippen LogP contribution is 2.06. The van der Waals surface area contributed by atoms with E-state index in [2.05, 4.69) is 19.2 Å². The van der Waals surface area contributed by atoms with E-state index in [0.717, 1.165) is 18.1 Å². The van der Waals surface area contributed by atoms with Crippen LogP contribution in [-0.4, -0.2) is 23.5 Å². The van der Waals surface area contributed by atoms with Crippen molar-refractivity contribution in [2.45, 2.75) is 20.3 Å². The van der Waals surface area contributed by atoms with Crippen LogP contribution in [-0.2, 0) is 4.79 Å². The number of benzene rings is 1. The van der Waals surface area contributed by atoms with Gasteiger partial charge in [-0.1, -0.05) is 26.0 Å². The van der Waals surface area contributed by atoms with Crippen molar-refractivity contribution >= 4 is 18.0 Å². The van der Waals surface area contributed by atoms with Crippen LogP contribution < -0.4 is 5.32 Å². The first kappa shape index (κ1) is 15.0. The Balaban J connectivity index is 2.55. The molecule has 0 aliphatic carbocycles. The summed E-state index contributed by atoms with van der Waals surface area (Å²) in [7, 11) is 0. The van der Waals surface area contributed by atoms with E-state index >= 15 is 0 Å². The van der Waals surface area contributed by atoms with Crippen molar-refractivity contribution in [3.05, 3.63) is 41.5 Å². The molecule has 0 radical (unpaired) electrons. The number of carboxylic acids is 1. The third kappa shape index (κ3) is 5.86. The van der Waals surface area contributed by atoms with Crippen molar-refractivity contribution in [1.82, 2.24) is 5.32 Å². The Labute approximate surface area is 113 Å². The van der Waals surface area contributed by atoms with Crippen LogP contribution in [0.1, 0.15) is 36.2 Å². The van der Waals surface area contributed by atoms with Crippen LogP contribution in [0.2, 0.25) is 0 Å². The quantitative estimate of drug-likeness (QED) is 0.773. The second kappa shape index (κ2) is 7.36. The van der Waals surface area contributed by atoms with Crippen molar-refractivity contribution in [2.75, 3.05) is 6.54 Å². The van der Waals surface area contributed by atoms with Crippen molar-refractivity contribution in [3.63, 3.8) is 0 Å². The van der Waals surface area contributed by atoms with E-state index in [9.17, 15) is 9.59 Å².